The van der Waals surface area contributed by atoms with Crippen molar-refractivity contribution >= 4 is 16.0 Å². The average molecular weight is 529 g/mol. The second-order valence-corrected chi connectivity index (χ2v) is 15.4. The monoisotopic (exact) mass is 528 g/mol. The molecular weight excluding hydrogens is 488 g/mol. The lowest BCUT2D eigenvalue weighted by molar-refractivity contribution is -0.204. The molecule has 4 heteroatoms. The molecule has 7 rings (SSSR count). The normalized spacial score (nSPS) is 28.2. The maximum absolute atomic E-state index is 13.1. The highest BCUT2D eigenvalue weighted by Gasteiger charge is 2.57. The van der Waals surface area contributed by atoms with E-state index in [0.717, 1.165) is 28.7 Å². The van der Waals surface area contributed by atoms with Gasteiger partial charge in [-0.1, -0.05) is 36.4 Å². The maximum Gasteiger partial charge on any atom is 0.344 e. The van der Waals surface area contributed by atoms with Gasteiger partial charge in [0.2, 0.25) is 0 Å². The standard InChI is InChI=1S/C34H40O3S/c1-23-15-31(38(4,29-11-7-5-8-12-29)30-13-9-6-10-14-30)16-24(2)33(23)36-22-32(35)37-34(3)27-18-25-17-26(20-27)21-28(34)19-25/h5-16,25-28H,17-22H2,1-4H3. The van der Waals surface area contributed by atoms with Gasteiger partial charge in [0.25, 0.3) is 0 Å². The summed E-state index contributed by atoms with van der Waals surface area (Å²) < 4.78 is 12.4. The molecule has 0 spiro atoms. The van der Waals surface area contributed by atoms with E-state index in [2.05, 4.69) is 99.8 Å². The molecule has 4 saturated carbocycles. The SMILES string of the molecule is Cc1cc(S(C)(c2ccccc2)c2ccccc2)cc(C)c1OCC(=O)OC1(C)C2CC3CC(C2)CC1C3. The second-order valence-electron chi connectivity index (χ2n) is 12.2. The summed E-state index contributed by atoms with van der Waals surface area (Å²) in [6, 6.07) is 26.1. The maximum atomic E-state index is 13.1. The van der Waals surface area contributed by atoms with Crippen LogP contribution in [0.5, 0.6) is 5.75 Å². The fraction of sp³-hybridized carbons (Fsp3) is 0.441. The Morgan fingerprint density at radius 1 is 0.789 bits per heavy atom. The van der Waals surface area contributed by atoms with Gasteiger partial charge in [0.15, 0.2) is 6.61 Å². The topological polar surface area (TPSA) is 35.5 Å². The fourth-order valence-corrected chi connectivity index (χ4v) is 10.9. The van der Waals surface area contributed by atoms with E-state index in [-0.39, 0.29) is 18.2 Å². The number of carbonyl (C=O) groups excluding carboxylic acids is 1. The van der Waals surface area contributed by atoms with Gasteiger partial charge in [-0.05, 0) is 145 Å². The summed E-state index contributed by atoms with van der Waals surface area (Å²) in [7, 11) is -1.45. The lowest BCUT2D eigenvalue weighted by Gasteiger charge is -2.59. The molecule has 38 heavy (non-hydrogen) atoms. The molecule has 0 unspecified atom stereocenters. The minimum atomic E-state index is -1.45. The number of rotatable bonds is 7. The molecule has 0 N–H and O–H groups in total. The van der Waals surface area contributed by atoms with Gasteiger partial charge in [-0.2, -0.15) is 10.0 Å². The first-order valence-corrected chi connectivity index (χ1v) is 16.2. The van der Waals surface area contributed by atoms with Crippen molar-refractivity contribution in [3.63, 3.8) is 0 Å². The van der Waals surface area contributed by atoms with Crippen LogP contribution < -0.4 is 4.74 Å². The van der Waals surface area contributed by atoms with Crippen molar-refractivity contribution in [2.75, 3.05) is 12.9 Å². The summed E-state index contributed by atoms with van der Waals surface area (Å²) in [5, 5.41) is 0. The van der Waals surface area contributed by atoms with E-state index in [0.29, 0.717) is 11.8 Å². The summed E-state index contributed by atoms with van der Waals surface area (Å²) >= 11 is 0. The number of hydrogen-bond acceptors (Lipinski definition) is 3. The lowest BCUT2D eigenvalue weighted by atomic mass is 9.50. The number of carbonyl (C=O) groups is 1. The Morgan fingerprint density at radius 2 is 1.26 bits per heavy atom. The van der Waals surface area contributed by atoms with E-state index in [9.17, 15) is 4.79 Å². The third-order valence-electron chi connectivity index (χ3n) is 9.76. The zero-order valence-electron chi connectivity index (χ0n) is 23.1. The van der Waals surface area contributed by atoms with Gasteiger partial charge < -0.3 is 9.47 Å². The van der Waals surface area contributed by atoms with E-state index in [1.54, 1.807) is 0 Å². The Hall–Kier alpha value is -2.72. The van der Waals surface area contributed by atoms with Crippen molar-refractivity contribution < 1.29 is 14.3 Å². The van der Waals surface area contributed by atoms with Crippen LogP contribution in [-0.4, -0.2) is 24.4 Å². The zero-order chi connectivity index (χ0) is 26.5. The molecule has 0 saturated heterocycles. The summed E-state index contributed by atoms with van der Waals surface area (Å²) in [6.07, 6.45) is 8.66. The van der Waals surface area contributed by atoms with Crippen LogP contribution in [-0.2, 0) is 9.53 Å². The van der Waals surface area contributed by atoms with E-state index in [1.165, 1.54) is 46.8 Å². The van der Waals surface area contributed by atoms with Gasteiger partial charge in [0, 0.05) is 0 Å². The minimum Gasteiger partial charge on any atom is -0.481 e. The second kappa shape index (κ2) is 9.79. The molecule has 0 heterocycles. The van der Waals surface area contributed by atoms with E-state index in [1.807, 2.05) is 0 Å². The van der Waals surface area contributed by atoms with Crippen LogP contribution in [0.25, 0.3) is 0 Å². The highest BCUT2D eigenvalue weighted by Crippen LogP contribution is 2.66. The predicted octanol–water partition coefficient (Wildman–Crippen LogP) is 8.35. The van der Waals surface area contributed by atoms with Crippen LogP contribution >= 0.6 is 10.0 Å². The highest BCUT2D eigenvalue weighted by atomic mass is 32.3. The van der Waals surface area contributed by atoms with E-state index >= 15 is 0 Å². The van der Waals surface area contributed by atoms with E-state index in [4.69, 9.17) is 9.47 Å². The molecule has 0 amide bonds. The molecule has 3 aromatic rings. The number of esters is 1. The Morgan fingerprint density at radius 3 is 1.74 bits per heavy atom. The summed E-state index contributed by atoms with van der Waals surface area (Å²) in [5.74, 6) is 3.30. The Balaban J connectivity index is 1.22. The van der Waals surface area contributed by atoms with Crippen molar-refractivity contribution in [1.82, 2.24) is 0 Å². The average Bonchev–Trinajstić information content (AvgIpc) is 2.91. The Bertz CT molecular complexity index is 1230. The summed E-state index contributed by atoms with van der Waals surface area (Å²) in [4.78, 5) is 17.0. The molecule has 0 aromatic heterocycles. The van der Waals surface area contributed by atoms with Crippen molar-refractivity contribution in [2.24, 2.45) is 23.7 Å². The molecule has 3 nitrogen and oxygen atoms in total. The smallest absolute Gasteiger partial charge is 0.344 e. The summed E-state index contributed by atoms with van der Waals surface area (Å²) in [5.41, 5.74) is 1.79. The minimum absolute atomic E-state index is 0.0373. The van der Waals surface area contributed by atoms with Crippen molar-refractivity contribution in [1.29, 1.82) is 0 Å². The number of benzene rings is 3. The highest BCUT2D eigenvalue weighted by molar-refractivity contribution is 8.33. The van der Waals surface area contributed by atoms with Crippen LogP contribution in [0.1, 0.15) is 50.2 Å². The van der Waals surface area contributed by atoms with Crippen LogP contribution in [0.3, 0.4) is 0 Å². The number of aryl methyl sites for hydroxylation is 2. The van der Waals surface area contributed by atoms with Crippen LogP contribution in [0.4, 0.5) is 0 Å². The van der Waals surface area contributed by atoms with Gasteiger partial charge in [-0.3, -0.25) is 0 Å². The third-order valence-corrected chi connectivity index (χ3v) is 13.4. The van der Waals surface area contributed by atoms with Gasteiger partial charge in [-0.25, -0.2) is 4.79 Å². The molecule has 0 aliphatic heterocycles. The predicted molar refractivity (Wildman–Crippen MR) is 154 cm³/mol. The largest absolute Gasteiger partial charge is 0.481 e. The number of ether oxygens (including phenoxy) is 2. The van der Waals surface area contributed by atoms with Crippen LogP contribution in [0.15, 0.2) is 87.5 Å². The van der Waals surface area contributed by atoms with Crippen molar-refractivity contribution in [3.8, 4) is 5.75 Å². The fourth-order valence-electron chi connectivity index (χ4n) is 7.86. The molecule has 4 fully saturated rings. The van der Waals surface area contributed by atoms with Crippen LogP contribution in [0.2, 0.25) is 0 Å². The first-order valence-electron chi connectivity index (χ1n) is 14.1. The quantitative estimate of drug-likeness (QED) is 0.289. The molecule has 0 radical (unpaired) electrons. The zero-order valence-corrected chi connectivity index (χ0v) is 23.9. The summed E-state index contributed by atoms with van der Waals surface area (Å²) in [6.45, 7) is 6.34. The molecule has 3 aromatic carbocycles. The number of hydrogen-bond donors (Lipinski definition) is 0. The molecule has 4 bridgehead atoms. The molecular formula is C34H40O3S. The molecule has 4 aliphatic carbocycles. The third kappa shape index (κ3) is 4.35. The van der Waals surface area contributed by atoms with E-state index < -0.39 is 10.0 Å². The van der Waals surface area contributed by atoms with Crippen LogP contribution in [0, 0.1) is 37.5 Å². The van der Waals surface area contributed by atoms with Gasteiger partial charge >= 0.3 is 5.97 Å². The Kier molecular flexibility index (Phi) is 6.58. The van der Waals surface area contributed by atoms with Crippen molar-refractivity contribution in [2.45, 2.75) is 73.2 Å². The van der Waals surface area contributed by atoms with Crippen molar-refractivity contribution in [3.05, 3.63) is 83.9 Å². The molecule has 0 atom stereocenters. The van der Waals surface area contributed by atoms with Gasteiger partial charge in [0.1, 0.15) is 11.4 Å². The van der Waals surface area contributed by atoms with Gasteiger partial charge in [0.05, 0.1) is 0 Å². The first-order chi connectivity index (χ1) is 18.3. The molecule has 4 aliphatic rings. The molecule has 200 valence electrons. The first kappa shape index (κ1) is 25.6. The van der Waals surface area contributed by atoms with Gasteiger partial charge in [-0.15, -0.1) is 0 Å². The Labute approximate surface area is 229 Å². The lowest BCUT2D eigenvalue weighted by Crippen LogP contribution is -2.58.